The molecule has 0 unspecified atom stereocenters. The summed E-state index contributed by atoms with van der Waals surface area (Å²) >= 11 is 1.25. The lowest BCUT2D eigenvalue weighted by atomic mass is 10.0. The topological polar surface area (TPSA) is 32.9 Å². The van der Waals surface area contributed by atoms with Crippen LogP contribution in [-0.4, -0.2) is 10.8 Å². The van der Waals surface area contributed by atoms with Crippen LogP contribution in [-0.2, 0) is 6.42 Å². The van der Waals surface area contributed by atoms with Gasteiger partial charge >= 0.3 is 0 Å². The molecule has 4 aromatic rings. The van der Waals surface area contributed by atoms with Crippen LogP contribution in [0, 0.1) is 5.82 Å². The van der Waals surface area contributed by atoms with Crippen LogP contribution in [0.1, 0.15) is 33.7 Å². The minimum absolute atomic E-state index is 0.0287. The Balaban J connectivity index is 1.79. The van der Waals surface area contributed by atoms with Crippen LogP contribution in [0.2, 0.25) is 0 Å². The zero-order valence-corrected chi connectivity index (χ0v) is 16.3. The third-order valence-electron chi connectivity index (χ3n) is 4.87. The SMILES string of the molecule is CCc1cccc2c(C(=O)[C@@H](Sc3ccccc3F)c3ccccc3)c[nH]c12. The molecule has 1 aromatic heterocycles. The molecule has 0 fully saturated rings. The Labute approximate surface area is 167 Å². The zero-order chi connectivity index (χ0) is 19.5. The van der Waals surface area contributed by atoms with Crippen molar-refractivity contribution in [3.05, 3.63) is 102 Å². The fourth-order valence-corrected chi connectivity index (χ4v) is 4.54. The number of fused-ring (bicyclic) bond motifs is 1. The number of aryl methyl sites for hydroxylation is 1. The van der Waals surface area contributed by atoms with Crippen LogP contribution < -0.4 is 0 Å². The van der Waals surface area contributed by atoms with Crippen molar-refractivity contribution in [1.29, 1.82) is 0 Å². The fraction of sp³-hybridized carbons (Fsp3) is 0.125. The van der Waals surface area contributed by atoms with E-state index in [0.717, 1.165) is 22.9 Å². The maximum Gasteiger partial charge on any atom is 0.182 e. The van der Waals surface area contributed by atoms with Crippen LogP contribution in [0.4, 0.5) is 4.39 Å². The normalized spacial score (nSPS) is 12.2. The molecular formula is C24H20FNOS. The minimum Gasteiger partial charge on any atom is -0.360 e. The molecule has 0 aliphatic heterocycles. The Hall–Kier alpha value is -2.85. The Morgan fingerprint density at radius 1 is 1.00 bits per heavy atom. The van der Waals surface area contributed by atoms with Gasteiger partial charge in [0.1, 0.15) is 5.82 Å². The first kappa shape index (κ1) is 18.5. The smallest absolute Gasteiger partial charge is 0.182 e. The number of Topliss-reactive ketones (excluding diaryl/α,β-unsaturated/α-hetero) is 1. The Bertz CT molecular complexity index is 1120. The second kappa shape index (κ2) is 8.03. The highest BCUT2D eigenvalue weighted by Crippen LogP contribution is 2.40. The van der Waals surface area contributed by atoms with Crippen molar-refractivity contribution in [2.24, 2.45) is 0 Å². The molecule has 140 valence electrons. The van der Waals surface area contributed by atoms with Gasteiger partial charge in [0.25, 0.3) is 0 Å². The average molecular weight is 389 g/mol. The first-order valence-electron chi connectivity index (χ1n) is 9.28. The summed E-state index contributed by atoms with van der Waals surface area (Å²) < 4.78 is 14.3. The first-order chi connectivity index (χ1) is 13.7. The number of aromatic nitrogens is 1. The number of hydrogen-bond acceptors (Lipinski definition) is 2. The summed E-state index contributed by atoms with van der Waals surface area (Å²) in [5.74, 6) is -0.340. The molecule has 1 N–H and O–H groups in total. The van der Waals surface area contributed by atoms with Crippen molar-refractivity contribution in [1.82, 2.24) is 4.98 Å². The molecule has 4 rings (SSSR count). The lowest BCUT2D eigenvalue weighted by Crippen LogP contribution is -2.10. The molecule has 0 amide bonds. The van der Waals surface area contributed by atoms with Crippen LogP contribution in [0.5, 0.6) is 0 Å². The molecule has 28 heavy (non-hydrogen) atoms. The molecule has 1 heterocycles. The van der Waals surface area contributed by atoms with Gasteiger partial charge in [0, 0.05) is 27.6 Å². The van der Waals surface area contributed by atoms with Gasteiger partial charge in [-0.2, -0.15) is 0 Å². The molecule has 0 aliphatic carbocycles. The van der Waals surface area contributed by atoms with Crippen molar-refractivity contribution >= 4 is 28.4 Å². The van der Waals surface area contributed by atoms with Gasteiger partial charge in [0.05, 0.1) is 5.25 Å². The Morgan fingerprint density at radius 2 is 1.75 bits per heavy atom. The number of rotatable bonds is 6. The molecule has 0 bridgehead atoms. The molecule has 4 heteroatoms. The summed E-state index contributed by atoms with van der Waals surface area (Å²) in [7, 11) is 0. The van der Waals surface area contributed by atoms with E-state index in [1.54, 1.807) is 24.4 Å². The summed E-state index contributed by atoms with van der Waals surface area (Å²) in [4.78, 5) is 17.3. The lowest BCUT2D eigenvalue weighted by Gasteiger charge is -2.16. The van der Waals surface area contributed by atoms with Gasteiger partial charge in [-0.3, -0.25) is 4.79 Å². The van der Waals surface area contributed by atoms with E-state index >= 15 is 0 Å². The van der Waals surface area contributed by atoms with Gasteiger partial charge in [0.2, 0.25) is 0 Å². The van der Waals surface area contributed by atoms with Crippen molar-refractivity contribution in [3.8, 4) is 0 Å². The molecule has 2 nitrogen and oxygen atoms in total. The number of ketones is 1. The van der Waals surface area contributed by atoms with Gasteiger partial charge in [-0.1, -0.05) is 67.6 Å². The number of para-hydroxylation sites is 1. The highest BCUT2D eigenvalue weighted by Gasteiger charge is 2.26. The predicted octanol–water partition coefficient (Wildman–Crippen LogP) is 6.59. The number of hydrogen-bond donors (Lipinski definition) is 1. The van der Waals surface area contributed by atoms with E-state index in [2.05, 4.69) is 18.0 Å². The average Bonchev–Trinajstić information content (AvgIpc) is 3.17. The van der Waals surface area contributed by atoms with Gasteiger partial charge < -0.3 is 4.98 Å². The van der Waals surface area contributed by atoms with E-state index in [4.69, 9.17) is 0 Å². The number of carbonyl (C=O) groups is 1. The lowest BCUT2D eigenvalue weighted by molar-refractivity contribution is 0.0991. The second-order valence-electron chi connectivity index (χ2n) is 6.60. The van der Waals surface area contributed by atoms with Crippen molar-refractivity contribution in [2.45, 2.75) is 23.5 Å². The largest absolute Gasteiger partial charge is 0.360 e. The van der Waals surface area contributed by atoms with Crippen LogP contribution >= 0.6 is 11.8 Å². The minimum atomic E-state index is -0.526. The maximum atomic E-state index is 14.3. The molecule has 0 saturated heterocycles. The monoisotopic (exact) mass is 389 g/mol. The molecule has 0 saturated carbocycles. The third kappa shape index (κ3) is 3.48. The molecule has 0 aliphatic rings. The van der Waals surface area contributed by atoms with Crippen LogP contribution in [0.3, 0.4) is 0 Å². The Morgan fingerprint density at radius 3 is 2.50 bits per heavy atom. The number of H-pyrrole nitrogens is 1. The van der Waals surface area contributed by atoms with Crippen molar-refractivity contribution < 1.29 is 9.18 Å². The molecular weight excluding hydrogens is 369 g/mol. The van der Waals surface area contributed by atoms with E-state index < -0.39 is 5.25 Å². The summed E-state index contributed by atoms with van der Waals surface area (Å²) in [5.41, 5.74) is 3.68. The number of aromatic amines is 1. The summed E-state index contributed by atoms with van der Waals surface area (Å²) in [5, 5.41) is 0.391. The summed E-state index contributed by atoms with van der Waals surface area (Å²) in [6, 6.07) is 22.2. The quantitative estimate of drug-likeness (QED) is 0.298. The van der Waals surface area contributed by atoms with E-state index in [1.807, 2.05) is 42.5 Å². The van der Waals surface area contributed by atoms with E-state index in [-0.39, 0.29) is 11.6 Å². The van der Waals surface area contributed by atoms with Gasteiger partial charge in [0.15, 0.2) is 5.78 Å². The predicted molar refractivity (Wildman–Crippen MR) is 113 cm³/mol. The Kier molecular flexibility index (Phi) is 5.31. The van der Waals surface area contributed by atoms with Gasteiger partial charge in [-0.25, -0.2) is 4.39 Å². The van der Waals surface area contributed by atoms with Gasteiger partial charge in [-0.05, 0) is 29.7 Å². The maximum absolute atomic E-state index is 14.3. The zero-order valence-electron chi connectivity index (χ0n) is 15.5. The third-order valence-corrected chi connectivity index (χ3v) is 6.18. The fourth-order valence-electron chi connectivity index (χ4n) is 3.42. The number of nitrogens with one attached hydrogen (secondary N) is 1. The first-order valence-corrected chi connectivity index (χ1v) is 10.2. The van der Waals surface area contributed by atoms with E-state index in [1.165, 1.54) is 23.4 Å². The molecule has 0 radical (unpaired) electrons. The summed E-state index contributed by atoms with van der Waals surface area (Å²) in [6.07, 6.45) is 2.67. The standard InChI is InChI=1S/C24H20FNOS/c1-2-16-11-8-12-18-19(15-26-22(16)18)23(27)24(17-9-4-3-5-10-17)28-21-14-7-6-13-20(21)25/h3-15,24,26H,2H2,1H3/t24-/m0/s1. The molecule has 3 aromatic carbocycles. The number of benzene rings is 3. The van der Waals surface area contributed by atoms with Crippen LogP contribution in [0.15, 0.2) is 83.9 Å². The van der Waals surface area contributed by atoms with Gasteiger partial charge in [-0.15, -0.1) is 11.8 Å². The highest BCUT2D eigenvalue weighted by atomic mass is 32.2. The van der Waals surface area contributed by atoms with E-state index in [0.29, 0.717) is 10.5 Å². The summed E-state index contributed by atoms with van der Waals surface area (Å²) in [6.45, 7) is 2.10. The van der Waals surface area contributed by atoms with Crippen molar-refractivity contribution in [2.75, 3.05) is 0 Å². The second-order valence-corrected chi connectivity index (χ2v) is 7.75. The van der Waals surface area contributed by atoms with Crippen LogP contribution in [0.25, 0.3) is 10.9 Å². The van der Waals surface area contributed by atoms with Crippen molar-refractivity contribution in [3.63, 3.8) is 0 Å². The number of carbonyl (C=O) groups excluding carboxylic acids is 1. The number of thioether (sulfide) groups is 1. The van der Waals surface area contributed by atoms with E-state index in [9.17, 15) is 9.18 Å². The molecule has 1 atom stereocenters. The highest BCUT2D eigenvalue weighted by molar-refractivity contribution is 8.00. The molecule has 0 spiro atoms. The number of halogens is 1.